The first-order valence-electron chi connectivity index (χ1n) is 7.81. The molecule has 1 unspecified atom stereocenters. The van der Waals surface area contributed by atoms with E-state index < -0.39 is 0 Å². The molecule has 1 aromatic heterocycles. The van der Waals surface area contributed by atoms with E-state index in [4.69, 9.17) is 0 Å². The number of anilines is 1. The predicted octanol–water partition coefficient (Wildman–Crippen LogP) is 2.46. The quantitative estimate of drug-likeness (QED) is 0.734. The van der Waals surface area contributed by atoms with Crippen LogP contribution in [0.1, 0.15) is 25.8 Å². The largest absolute Gasteiger partial charge is 0.394 e. The Morgan fingerprint density at radius 2 is 2.04 bits per heavy atom. The van der Waals surface area contributed by atoms with Crippen LogP contribution in [0.3, 0.4) is 0 Å². The molecule has 6 nitrogen and oxygen atoms in total. The number of urea groups is 1. The summed E-state index contributed by atoms with van der Waals surface area (Å²) in [6.07, 6.45) is 4.39. The van der Waals surface area contributed by atoms with E-state index in [9.17, 15) is 9.90 Å². The highest BCUT2D eigenvalue weighted by Gasteiger charge is 2.12. The number of hydrogen-bond acceptors (Lipinski definition) is 3. The Morgan fingerprint density at radius 3 is 2.61 bits per heavy atom. The highest BCUT2D eigenvalue weighted by Crippen LogP contribution is 2.11. The van der Waals surface area contributed by atoms with E-state index in [1.165, 1.54) is 0 Å². The zero-order valence-corrected chi connectivity index (χ0v) is 13.6. The van der Waals surface area contributed by atoms with Gasteiger partial charge in [0.2, 0.25) is 0 Å². The molecule has 0 aliphatic rings. The van der Waals surface area contributed by atoms with Crippen molar-refractivity contribution in [3.8, 4) is 0 Å². The number of aromatic nitrogens is 2. The first-order valence-corrected chi connectivity index (χ1v) is 7.81. The number of amides is 2. The molecule has 124 valence electrons. The van der Waals surface area contributed by atoms with E-state index >= 15 is 0 Å². The fourth-order valence-electron chi connectivity index (χ4n) is 2.38. The molecule has 0 spiro atoms. The molecule has 0 bridgehead atoms. The van der Waals surface area contributed by atoms with Gasteiger partial charge in [-0.2, -0.15) is 5.10 Å². The fraction of sp³-hybridized carbons (Fsp3) is 0.412. The van der Waals surface area contributed by atoms with Gasteiger partial charge in [0.05, 0.1) is 19.2 Å². The van der Waals surface area contributed by atoms with Crippen LogP contribution in [-0.4, -0.2) is 33.6 Å². The van der Waals surface area contributed by atoms with Crippen molar-refractivity contribution in [3.63, 3.8) is 0 Å². The summed E-state index contributed by atoms with van der Waals surface area (Å²) >= 11 is 0. The molecule has 1 atom stereocenters. The van der Waals surface area contributed by atoms with Crippen molar-refractivity contribution in [1.29, 1.82) is 0 Å². The molecule has 0 radical (unpaired) electrons. The molecule has 2 amide bonds. The van der Waals surface area contributed by atoms with Crippen molar-refractivity contribution in [3.05, 3.63) is 48.3 Å². The first kappa shape index (κ1) is 17.0. The van der Waals surface area contributed by atoms with Crippen molar-refractivity contribution < 1.29 is 9.90 Å². The highest BCUT2D eigenvalue weighted by atomic mass is 16.3. The maximum absolute atomic E-state index is 12.0. The highest BCUT2D eigenvalue weighted by molar-refractivity contribution is 5.89. The molecule has 0 aliphatic heterocycles. The van der Waals surface area contributed by atoms with Gasteiger partial charge in [0.1, 0.15) is 0 Å². The summed E-state index contributed by atoms with van der Waals surface area (Å²) in [7, 11) is 0. The van der Waals surface area contributed by atoms with Gasteiger partial charge in [-0.3, -0.25) is 4.68 Å². The van der Waals surface area contributed by atoms with E-state index in [1.54, 1.807) is 6.20 Å². The number of aliphatic hydroxyl groups is 1. The van der Waals surface area contributed by atoms with Gasteiger partial charge in [-0.15, -0.1) is 0 Å². The minimum absolute atomic E-state index is 0.0611. The Morgan fingerprint density at radius 1 is 1.30 bits per heavy atom. The third-order valence-electron chi connectivity index (χ3n) is 3.43. The van der Waals surface area contributed by atoms with Gasteiger partial charge >= 0.3 is 6.03 Å². The van der Waals surface area contributed by atoms with Gasteiger partial charge in [0.15, 0.2) is 0 Å². The van der Waals surface area contributed by atoms with Gasteiger partial charge in [-0.1, -0.05) is 26.0 Å². The summed E-state index contributed by atoms with van der Waals surface area (Å²) in [6.45, 7) is 4.75. The monoisotopic (exact) mass is 316 g/mol. The van der Waals surface area contributed by atoms with E-state index in [-0.39, 0.29) is 18.7 Å². The number of carbonyl (C=O) groups is 1. The predicted molar refractivity (Wildman–Crippen MR) is 90.3 cm³/mol. The molecular weight excluding hydrogens is 292 g/mol. The number of aliphatic hydroxyl groups excluding tert-OH is 1. The Hall–Kier alpha value is -2.34. The molecular formula is C17H24N4O2. The van der Waals surface area contributed by atoms with Crippen LogP contribution >= 0.6 is 0 Å². The van der Waals surface area contributed by atoms with E-state index in [0.29, 0.717) is 18.2 Å². The number of benzene rings is 1. The van der Waals surface area contributed by atoms with Crippen LogP contribution in [0.4, 0.5) is 10.5 Å². The molecule has 2 rings (SSSR count). The maximum Gasteiger partial charge on any atom is 0.319 e. The molecule has 0 fully saturated rings. The summed E-state index contributed by atoms with van der Waals surface area (Å²) < 4.78 is 1.84. The molecule has 0 aliphatic carbocycles. The van der Waals surface area contributed by atoms with E-state index in [2.05, 4.69) is 29.6 Å². The first-order chi connectivity index (χ1) is 11.1. The van der Waals surface area contributed by atoms with Gasteiger partial charge in [-0.05, 0) is 36.1 Å². The molecule has 2 aromatic rings. The fourth-order valence-corrected chi connectivity index (χ4v) is 2.38. The van der Waals surface area contributed by atoms with Crippen LogP contribution in [-0.2, 0) is 6.54 Å². The molecule has 23 heavy (non-hydrogen) atoms. The Balaban J connectivity index is 1.86. The Kier molecular flexibility index (Phi) is 6.17. The lowest BCUT2D eigenvalue weighted by molar-refractivity contribution is 0.214. The minimum atomic E-state index is -0.301. The Bertz CT molecular complexity index is 594. The summed E-state index contributed by atoms with van der Waals surface area (Å²) in [6, 6.07) is 8.97. The van der Waals surface area contributed by atoms with Crippen LogP contribution in [0.2, 0.25) is 0 Å². The lowest BCUT2D eigenvalue weighted by Crippen LogP contribution is -2.40. The van der Waals surface area contributed by atoms with Crippen LogP contribution in [0.15, 0.2) is 42.7 Å². The molecule has 6 heteroatoms. The smallest absolute Gasteiger partial charge is 0.319 e. The van der Waals surface area contributed by atoms with Crippen LogP contribution in [0.25, 0.3) is 0 Å². The summed E-state index contributed by atoms with van der Waals surface area (Å²) in [5, 5.41) is 19.0. The molecule has 1 heterocycles. The number of nitrogens with one attached hydrogen (secondary N) is 2. The van der Waals surface area contributed by atoms with Crippen molar-refractivity contribution in [2.24, 2.45) is 5.92 Å². The number of nitrogens with zero attached hydrogens (tertiary/aromatic N) is 2. The summed E-state index contributed by atoms with van der Waals surface area (Å²) in [4.78, 5) is 12.0. The van der Waals surface area contributed by atoms with Crippen LogP contribution in [0.5, 0.6) is 0 Å². The molecule has 3 N–H and O–H groups in total. The number of hydrogen-bond donors (Lipinski definition) is 3. The topological polar surface area (TPSA) is 79.2 Å². The van der Waals surface area contributed by atoms with Gasteiger partial charge < -0.3 is 15.7 Å². The van der Waals surface area contributed by atoms with Crippen molar-refractivity contribution >= 4 is 11.7 Å². The SMILES string of the molecule is CC(C)CC(CO)NC(=O)Nc1ccc(Cn2cccn2)cc1. The lowest BCUT2D eigenvalue weighted by Gasteiger charge is -2.18. The zero-order valence-electron chi connectivity index (χ0n) is 13.6. The second-order valence-corrected chi connectivity index (χ2v) is 6.01. The van der Waals surface area contributed by atoms with Gasteiger partial charge in [0.25, 0.3) is 0 Å². The molecule has 0 saturated carbocycles. The normalized spacial score (nSPS) is 12.2. The minimum Gasteiger partial charge on any atom is -0.394 e. The van der Waals surface area contributed by atoms with Crippen LogP contribution < -0.4 is 10.6 Å². The van der Waals surface area contributed by atoms with Crippen molar-refractivity contribution in [1.82, 2.24) is 15.1 Å². The number of rotatable bonds is 7. The lowest BCUT2D eigenvalue weighted by atomic mass is 10.0. The Labute approximate surface area is 136 Å². The van der Waals surface area contributed by atoms with Crippen molar-refractivity contribution in [2.45, 2.75) is 32.9 Å². The maximum atomic E-state index is 12.0. The molecule has 1 aromatic carbocycles. The van der Waals surface area contributed by atoms with E-state index in [0.717, 1.165) is 12.0 Å². The van der Waals surface area contributed by atoms with Gasteiger partial charge in [-0.25, -0.2) is 4.79 Å². The molecule has 0 saturated heterocycles. The second kappa shape index (κ2) is 8.33. The average molecular weight is 316 g/mol. The van der Waals surface area contributed by atoms with Crippen molar-refractivity contribution in [2.75, 3.05) is 11.9 Å². The average Bonchev–Trinajstić information content (AvgIpc) is 3.01. The van der Waals surface area contributed by atoms with Crippen LogP contribution in [0, 0.1) is 5.92 Å². The summed E-state index contributed by atoms with van der Waals surface area (Å²) in [5.74, 6) is 0.411. The van der Waals surface area contributed by atoms with E-state index in [1.807, 2.05) is 41.2 Å². The standard InChI is InChI=1S/C17H24N4O2/c1-13(2)10-16(12-22)20-17(23)19-15-6-4-14(5-7-15)11-21-9-3-8-18-21/h3-9,13,16,22H,10-12H2,1-2H3,(H2,19,20,23). The third-order valence-corrected chi connectivity index (χ3v) is 3.43. The summed E-state index contributed by atoms with van der Waals surface area (Å²) in [5.41, 5.74) is 1.82. The third kappa shape index (κ3) is 5.75. The number of carbonyl (C=O) groups excluding carboxylic acids is 1. The second-order valence-electron chi connectivity index (χ2n) is 6.01. The van der Waals surface area contributed by atoms with Gasteiger partial charge in [0, 0.05) is 18.1 Å². The zero-order chi connectivity index (χ0) is 16.7.